The molecule has 2 amide bonds. The number of hydrogen-bond acceptors (Lipinski definition) is 3. The molecule has 0 saturated heterocycles. The first kappa shape index (κ1) is 19.5. The van der Waals surface area contributed by atoms with Gasteiger partial charge in [-0.15, -0.1) is 12.4 Å². The van der Waals surface area contributed by atoms with Gasteiger partial charge in [0, 0.05) is 18.2 Å². The van der Waals surface area contributed by atoms with Gasteiger partial charge in [-0.25, -0.2) is 0 Å². The van der Waals surface area contributed by atoms with Crippen LogP contribution in [0.1, 0.15) is 37.7 Å². The normalized spacial score (nSPS) is 14.7. The average Bonchev–Trinajstić information content (AvgIpc) is 2.54. The van der Waals surface area contributed by atoms with Crippen molar-refractivity contribution in [2.45, 2.75) is 38.6 Å². The summed E-state index contributed by atoms with van der Waals surface area (Å²) in [5.41, 5.74) is 1.78. The number of hydrogen-bond donors (Lipinski definition) is 3. The molecule has 0 bridgehead atoms. The third-order valence-electron chi connectivity index (χ3n) is 4.00. The molecule has 0 unspecified atom stereocenters. The summed E-state index contributed by atoms with van der Waals surface area (Å²) in [5, 5.41) is 8.64. The lowest BCUT2D eigenvalue weighted by Gasteiger charge is -2.20. The molecular weight excluding hydrogens is 314 g/mol. The Morgan fingerprint density at radius 1 is 1.17 bits per heavy atom. The highest BCUT2D eigenvalue weighted by molar-refractivity contribution is 5.92. The van der Waals surface area contributed by atoms with E-state index in [1.54, 1.807) is 7.05 Å². The van der Waals surface area contributed by atoms with E-state index < -0.39 is 0 Å². The topological polar surface area (TPSA) is 70.2 Å². The van der Waals surface area contributed by atoms with Crippen molar-refractivity contribution in [2.24, 2.45) is 5.92 Å². The fourth-order valence-electron chi connectivity index (χ4n) is 2.79. The predicted octanol–water partition coefficient (Wildman–Crippen LogP) is 2.46. The van der Waals surface area contributed by atoms with Crippen LogP contribution in [-0.2, 0) is 16.1 Å². The zero-order chi connectivity index (χ0) is 15.8. The number of halogens is 1. The molecule has 1 aliphatic rings. The van der Waals surface area contributed by atoms with Gasteiger partial charge in [-0.1, -0.05) is 31.4 Å². The monoisotopic (exact) mass is 339 g/mol. The summed E-state index contributed by atoms with van der Waals surface area (Å²) >= 11 is 0. The van der Waals surface area contributed by atoms with Gasteiger partial charge < -0.3 is 16.0 Å². The highest BCUT2D eigenvalue weighted by atomic mass is 35.5. The van der Waals surface area contributed by atoms with Crippen LogP contribution in [0, 0.1) is 5.92 Å². The molecule has 5 nitrogen and oxygen atoms in total. The number of benzene rings is 1. The number of rotatable bonds is 6. The minimum Gasteiger partial charge on any atom is -0.351 e. The molecule has 0 radical (unpaired) electrons. The van der Waals surface area contributed by atoms with Crippen molar-refractivity contribution in [1.82, 2.24) is 10.6 Å². The molecule has 1 saturated carbocycles. The Labute approximate surface area is 144 Å². The maximum absolute atomic E-state index is 12.2. The molecule has 0 heterocycles. The molecule has 1 aromatic rings. The highest BCUT2D eigenvalue weighted by Crippen LogP contribution is 2.25. The second-order valence-corrected chi connectivity index (χ2v) is 5.83. The predicted molar refractivity (Wildman–Crippen MR) is 94.7 cm³/mol. The zero-order valence-electron chi connectivity index (χ0n) is 13.6. The van der Waals surface area contributed by atoms with Crippen molar-refractivity contribution < 1.29 is 9.59 Å². The molecule has 23 heavy (non-hydrogen) atoms. The minimum atomic E-state index is -0.0425. The summed E-state index contributed by atoms with van der Waals surface area (Å²) in [6.45, 7) is 0.770. The maximum atomic E-state index is 12.2. The molecule has 1 aliphatic carbocycles. The van der Waals surface area contributed by atoms with E-state index in [0.717, 1.165) is 36.9 Å². The van der Waals surface area contributed by atoms with E-state index >= 15 is 0 Å². The van der Waals surface area contributed by atoms with Crippen LogP contribution in [0.25, 0.3) is 0 Å². The molecule has 0 aromatic heterocycles. The molecular formula is C17H26ClN3O2. The summed E-state index contributed by atoms with van der Waals surface area (Å²) in [6, 6.07) is 7.64. The van der Waals surface area contributed by atoms with Crippen molar-refractivity contribution in [3.05, 3.63) is 29.8 Å². The lowest BCUT2D eigenvalue weighted by atomic mass is 9.88. The van der Waals surface area contributed by atoms with Crippen LogP contribution in [0.4, 0.5) is 5.69 Å². The van der Waals surface area contributed by atoms with Crippen LogP contribution in [-0.4, -0.2) is 25.4 Å². The van der Waals surface area contributed by atoms with Gasteiger partial charge in [-0.05, 0) is 37.6 Å². The van der Waals surface area contributed by atoms with Crippen LogP contribution in [0.15, 0.2) is 24.3 Å². The SMILES string of the molecule is CNCC(=O)NCc1cccc(NC(=O)C2CCCCC2)c1.Cl. The van der Waals surface area contributed by atoms with Crippen molar-refractivity contribution in [3.8, 4) is 0 Å². The molecule has 0 atom stereocenters. The number of amides is 2. The Kier molecular flexibility index (Phi) is 8.66. The fourth-order valence-corrected chi connectivity index (χ4v) is 2.79. The van der Waals surface area contributed by atoms with Crippen molar-refractivity contribution in [3.63, 3.8) is 0 Å². The first-order valence-electron chi connectivity index (χ1n) is 8.00. The van der Waals surface area contributed by atoms with E-state index in [-0.39, 0.29) is 30.1 Å². The quantitative estimate of drug-likeness (QED) is 0.745. The number of carbonyl (C=O) groups excluding carboxylic acids is 2. The lowest BCUT2D eigenvalue weighted by Crippen LogP contribution is -2.31. The van der Waals surface area contributed by atoms with E-state index in [9.17, 15) is 9.59 Å². The first-order valence-corrected chi connectivity index (χ1v) is 8.00. The molecule has 0 spiro atoms. The van der Waals surface area contributed by atoms with Gasteiger partial charge in [0.2, 0.25) is 11.8 Å². The van der Waals surface area contributed by atoms with Crippen molar-refractivity contribution >= 4 is 29.9 Å². The van der Waals surface area contributed by atoms with Gasteiger partial charge in [0.1, 0.15) is 0 Å². The van der Waals surface area contributed by atoms with Crippen molar-refractivity contribution in [2.75, 3.05) is 18.9 Å². The van der Waals surface area contributed by atoms with Crippen LogP contribution < -0.4 is 16.0 Å². The van der Waals surface area contributed by atoms with E-state index in [1.807, 2.05) is 24.3 Å². The number of nitrogens with one attached hydrogen (secondary N) is 3. The van der Waals surface area contributed by atoms with Crippen molar-refractivity contribution in [1.29, 1.82) is 0 Å². The molecule has 1 fully saturated rings. The second-order valence-electron chi connectivity index (χ2n) is 5.83. The standard InChI is InChI=1S/C17H25N3O2.ClH/c1-18-12-16(21)19-11-13-6-5-9-15(10-13)20-17(22)14-7-3-2-4-8-14;/h5-6,9-10,14,18H,2-4,7-8,11-12H2,1H3,(H,19,21)(H,20,22);1H. The number of likely N-dealkylation sites (N-methyl/N-ethyl adjacent to an activating group) is 1. The largest absolute Gasteiger partial charge is 0.351 e. The van der Waals surface area contributed by atoms with E-state index in [2.05, 4.69) is 16.0 Å². The fraction of sp³-hybridized carbons (Fsp3) is 0.529. The minimum absolute atomic E-state index is 0. The summed E-state index contributed by atoms with van der Waals surface area (Å²) in [6.07, 6.45) is 5.52. The van der Waals surface area contributed by atoms with Gasteiger partial charge in [-0.3, -0.25) is 9.59 Å². The average molecular weight is 340 g/mol. The number of carbonyl (C=O) groups is 2. The highest BCUT2D eigenvalue weighted by Gasteiger charge is 2.20. The Balaban J connectivity index is 0.00000264. The van der Waals surface area contributed by atoms with Gasteiger partial charge >= 0.3 is 0 Å². The summed E-state index contributed by atoms with van der Waals surface area (Å²) in [5.74, 6) is 0.225. The summed E-state index contributed by atoms with van der Waals surface area (Å²) in [7, 11) is 1.74. The Morgan fingerprint density at radius 2 is 1.91 bits per heavy atom. The van der Waals surface area contributed by atoms with Gasteiger partial charge in [-0.2, -0.15) is 0 Å². The third kappa shape index (κ3) is 6.59. The van der Waals surface area contributed by atoms with Crippen LogP contribution >= 0.6 is 12.4 Å². The molecule has 6 heteroatoms. The molecule has 0 aliphatic heterocycles. The van der Waals surface area contributed by atoms with Gasteiger partial charge in [0.05, 0.1) is 6.54 Å². The Hall–Kier alpha value is -1.59. The van der Waals surface area contributed by atoms with Crippen LogP contribution in [0.2, 0.25) is 0 Å². The Morgan fingerprint density at radius 3 is 2.61 bits per heavy atom. The molecule has 3 N–H and O–H groups in total. The molecule has 1 aromatic carbocycles. The van der Waals surface area contributed by atoms with Crippen LogP contribution in [0.5, 0.6) is 0 Å². The number of anilines is 1. The van der Waals surface area contributed by atoms with E-state index in [0.29, 0.717) is 13.1 Å². The van der Waals surface area contributed by atoms with Crippen LogP contribution in [0.3, 0.4) is 0 Å². The van der Waals surface area contributed by atoms with Gasteiger partial charge in [0.15, 0.2) is 0 Å². The summed E-state index contributed by atoms with van der Waals surface area (Å²) in [4.78, 5) is 23.7. The van der Waals surface area contributed by atoms with E-state index in [4.69, 9.17) is 0 Å². The smallest absolute Gasteiger partial charge is 0.234 e. The first-order chi connectivity index (χ1) is 10.7. The lowest BCUT2D eigenvalue weighted by molar-refractivity contribution is -0.121. The third-order valence-corrected chi connectivity index (χ3v) is 4.00. The summed E-state index contributed by atoms with van der Waals surface area (Å²) < 4.78 is 0. The Bertz CT molecular complexity index is 516. The molecule has 2 rings (SSSR count). The second kappa shape index (κ2) is 10.2. The van der Waals surface area contributed by atoms with Gasteiger partial charge in [0.25, 0.3) is 0 Å². The molecule has 128 valence electrons. The maximum Gasteiger partial charge on any atom is 0.234 e. The van der Waals surface area contributed by atoms with E-state index in [1.165, 1.54) is 6.42 Å². The zero-order valence-corrected chi connectivity index (χ0v) is 14.4.